The van der Waals surface area contributed by atoms with Gasteiger partial charge in [0.1, 0.15) is 0 Å². The first kappa shape index (κ1) is 19.6. The maximum absolute atomic E-state index is 12.6. The average molecular weight is 375 g/mol. The Balaban J connectivity index is 1.64. The average Bonchev–Trinajstić information content (AvgIpc) is 2.89. The Morgan fingerprint density at radius 3 is 2.44 bits per heavy atom. The highest BCUT2D eigenvalue weighted by atomic mass is 16.7. The van der Waals surface area contributed by atoms with Crippen LogP contribution in [0.25, 0.3) is 0 Å². The number of hydrogen-bond donors (Lipinski definition) is 1. The van der Waals surface area contributed by atoms with E-state index in [9.17, 15) is 9.59 Å². The summed E-state index contributed by atoms with van der Waals surface area (Å²) in [5.41, 5.74) is 1.05. The number of amides is 1. The van der Waals surface area contributed by atoms with Crippen molar-refractivity contribution in [1.29, 1.82) is 0 Å². The fraction of sp³-hybridized carbons (Fsp3) is 0.600. The van der Waals surface area contributed by atoms with E-state index in [1.54, 1.807) is 12.1 Å². The topological polar surface area (TPSA) is 71.1 Å². The van der Waals surface area contributed by atoms with Crippen molar-refractivity contribution in [3.63, 3.8) is 0 Å². The molecule has 0 saturated carbocycles. The number of benzene rings is 1. The minimum Gasteiger partial charge on any atom is -0.454 e. The Labute approximate surface area is 160 Å². The van der Waals surface area contributed by atoms with Crippen LogP contribution in [0.2, 0.25) is 0 Å². The summed E-state index contributed by atoms with van der Waals surface area (Å²) in [5.74, 6) is 0.832. The summed E-state index contributed by atoms with van der Waals surface area (Å²) in [5, 5.41) is 2.88. The first-order chi connectivity index (χ1) is 12.7. The molecule has 0 unspecified atom stereocenters. The van der Waals surface area contributed by atoms with Crippen molar-refractivity contribution in [2.24, 2.45) is 0 Å². The number of ether oxygens (including phenoxy) is 2. The highest BCUT2D eigenvalue weighted by Gasteiger charge is 2.25. The molecule has 27 heavy (non-hydrogen) atoms. The zero-order chi connectivity index (χ0) is 19.6. The van der Waals surface area contributed by atoms with E-state index in [2.05, 4.69) is 35.9 Å². The quantitative estimate of drug-likeness (QED) is 0.815. The van der Waals surface area contributed by atoms with Gasteiger partial charge in [-0.2, -0.15) is 0 Å². The maximum Gasteiger partial charge on any atom is 0.238 e. The van der Waals surface area contributed by atoms with Crippen LogP contribution in [-0.4, -0.2) is 66.5 Å². The summed E-state index contributed by atoms with van der Waals surface area (Å²) in [4.78, 5) is 29.2. The number of hydrogen-bond acceptors (Lipinski definition) is 6. The van der Waals surface area contributed by atoms with E-state index in [4.69, 9.17) is 9.47 Å². The number of anilines is 1. The minimum atomic E-state index is -0.126. The molecule has 1 aromatic carbocycles. The molecule has 7 heteroatoms. The third kappa shape index (κ3) is 4.78. The first-order valence-corrected chi connectivity index (χ1v) is 9.46. The van der Waals surface area contributed by atoms with E-state index in [1.165, 1.54) is 6.92 Å². The number of ketones is 1. The number of Topliss-reactive ketones (excluding diaryl/α,β-unsaturated/α-hetero) is 1. The molecular formula is C20H29N3O4. The predicted octanol–water partition coefficient (Wildman–Crippen LogP) is 2.36. The van der Waals surface area contributed by atoms with Crippen LogP contribution in [-0.2, 0) is 4.79 Å². The summed E-state index contributed by atoms with van der Waals surface area (Å²) in [6.07, 6.45) is 1.03. The van der Waals surface area contributed by atoms with Crippen molar-refractivity contribution in [3.8, 4) is 11.5 Å². The molecule has 0 bridgehead atoms. The van der Waals surface area contributed by atoms with Crippen molar-refractivity contribution >= 4 is 17.4 Å². The number of fused-ring (bicyclic) bond motifs is 1. The molecule has 1 saturated heterocycles. The van der Waals surface area contributed by atoms with Crippen molar-refractivity contribution in [2.75, 3.05) is 44.8 Å². The smallest absolute Gasteiger partial charge is 0.238 e. The molecule has 0 aromatic heterocycles. The second-order valence-corrected chi connectivity index (χ2v) is 8.14. The Bertz CT molecular complexity index is 727. The van der Waals surface area contributed by atoms with E-state index in [-0.39, 0.29) is 24.0 Å². The van der Waals surface area contributed by atoms with Crippen molar-refractivity contribution in [2.45, 2.75) is 39.7 Å². The Kier molecular flexibility index (Phi) is 5.72. The molecule has 3 rings (SSSR count). The van der Waals surface area contributed by atoms with Gasteiger partial charge < -0.3 is 14.8 Å². The number of carbonyl (C=O) groups excluding carboxylic acids is 2. The Morgan fingerprint density at radius 1 is 1.07 bits per heavy atom. The number of nitrogens with one attached hydrogen (secondary N) is 1. The lowest BCUT2D eigenvalue weighted by Gasteiger charge is -2.34. The van der Waals surface area contributed by atoms with E-state index in [0.717, 1.165) is 32.6 Å². The summed E-state index contributed by atoms with van der Waals surface area (Å²) in [7, 11) is 0. The zero-order valence-electron chi connectivity index (χ0n) is 16.6. The summed E-state index contributed by atoms with van der Waals surface area (Å²) in [6.45, 7) is 12.3. The summed E-state index contributed by atoms with van der Waals surface area (Å²) >= 11 is 0. The lowest BCUT2D eigenvalue weighted by molar-refractivity contribution is -0.117. The largest absolute Gasteiger partial charge is 0.454 e. The molecule has 0 spiro atoms. The molecule has 2 aliphatic heterocycles. The molecule has 1 N–H and O–H groups in total. The molecule has 0 aliphatic carbocycles. The maximum atomic E-state index is 12.6. The van der Waals surface area contributed by atoms with Crippen LogP contribution >= 0.6 is 0 Å². The molecular weight excluding hydrogens is 346 g/mol. The van der Waals surface area contributed by atoms with Crippen molar-refractivity contribution in [1.82, 2.24) is 9.80 Å². The summed E-state index contributed by atoms with van der Waals surface area (Å²) in [6, 6.07) is 3.30. The van der Waals surface area contributed by atoms with Gasteiger partial charge >= 0.3 is 0 Å². The third-order valence-electron chi connectivity index (χ3n) is 5.07. The van der Waals surface area contributed by atoms with Crippen LogP contribution < -0.4 is 14.8 Å². The fourth-order valence-corrected chi connectivity index (χ4v) is 3.53. The van der Waals surface area contributed by atoms with Gasteiger partial charge in [-0.1, -0.05) is 0 Å². The standard InChI is InChI=1S/C20H29N3O4/c1-14(24)15-10-17-18(27-13-26-17)11-16(15)21-19(25)12-22-6-5-7-23(9-8-22)20(2,3)4/h10-11H,5-9,12-13H2,1-4H3,(H,21,25). The molecule has 148 valence electrons. The zero-order valence-corrected chi connectivity index (χ0v) is 16.6. The molecule has 7 nitrogen and oxygen atoms in total. The third-order valence-corrected chi connectivity index (χ3v) is 5.07. The van der Waals surface area contributed by atoms with Crippen LogP contribution in [0.5, 0.6) is 11.5 Å². The molecule has 1 aromatic rings. The minimum absolute atomic E-state index is 0.124. The second-order valence-electron chi connectivity index (χ2n) is 8.14. The lowest BCUT2D eigenvalue weighted by atomic mass is 10.1. The molecule has 1 amide bonds. The van der Waals surface area contributed by atoms with Gasteiger partial charge in [-0.15, -0.1) is 0 Å². The van der Waals surface area contributed by atoms with Crippen LogP contribution in [0.15, 0.2) is 12.1 Å². The van der Waals surface area contributed by atoms with Crippen LogP contribution in [0.1, 0.15) is 44.5 Å². The van der Waals surface area contributed by atoms with Gasteiger partial charge in [0.2, 0.25) is 12.7 Å². The monoisotopic (exact) mass is 375 g/mol. The molecule has 2 heterocycles. The summed E-state index contributed by atoms with van der Waals surface area (Å²) < 4.78 is 10.7. The first-order valence-electron chi connectivity index (χ1n) is 9.46. The van der Waals surface area contributed by atoms with Gasteiger partial charge in [0.25, 0.3) is 0 Å². The van der Waals surface area contributed by atoms with E-state index < -0.39 is 0 Å². The highest BCUT2D eigenvalue weighted by molar-refractivity contribution is 6.05. The van der Waals surface area contributed by atoms with Crippen molar-refractivity contribution < 1.29 is 19.1 Å². The van der Waals surface area contributed by atoms with Gasteiger partial charge in [0, 0.05) is 30.3 Å². The van der Waals surface area contributed by atoms with Crippen LogP contribution in [0.3, 0.4) is 0 Å². The van der Waals surface area contributed by atoms with Crippen LogP contribution in [0, 0.1) is 0 Å². The number of rotatable bonds is 4. The van der Waals surface area contributed by atoms with Crippen molar-refractivity contribution in [3.05, 3.63) is 17.7 Å². The van der Waals surface area contributed by atoms with Gasteiger partial charge in [-0.25, -0.2) is 0 Å². The van der Waals surface area contributed by atoms with Gasteiger partial charge in [0.05, 0.1) is 12.2 Å². The molecule has 2 aliphatic rings. The van der Waals surface area contributed by atoms with E-state index in [0.29, 0.717) is 29.3 Å². The number of nitrogens with zero attached hydrogens (tertiary/aromatic N) is 2. The predicted molar refractivity (Wildman–Crippen MR) is 104 cm³/mol. The highest BCUT2D eigenvalue weighted by Crippen LogP contribution is 2.37. The van der Waals surface area contributed by atoms with Gasteiger partial charge in [0.15, 0.2) is 17.3 Å². The Hall–Kier alpha value is -2.12. The molecule has 1 fully saturated rings. The van der Waals surface area contributed by atoms with E-state index in [1.807, 2.05) is 0 Å². The second kappa shape index (κ2) is 7.86. The van der Waals surface area contributed by atoms with Gasteiger partial charge in [-0.3, -0.25) is 19.4 Å². The van der Waals surface area contributed by atoms with E-state index >= 15 is 0 Å². The molecule has 0 radical (unpaired) electrons. The number of carbonyl (C=O) groups is 2. The fourth-order valence-electron chi connectivity index (χ4n) is 3.53. The SMILES string of the molecule is CC(=O)c1cc2c(cc1NC(=O)CN1CCCN(C(C)(C)C)CC1)OCO2. The van der Waals surface area contributed by atoms with Gasteiger partial charge in [-0.05, 0) is 53.3 Å². The molecule has 0 atom stereocenters. The normalized spacial score (nSPS) is 18.2. The lowest BCUT2D eigenvalue weighted by Crippen LogP contribution is -2.44. The Morgan fingerprint density at radius 2 is 1.78 bits per heavy atom. The van der Waals surface area contributed by atoms with Crippen LogP contribution in [0.4, 0.5) is 5.69 Å².